The van der Waals surface area contributed by atoms with Gasteiger partial charge in [-0.2, -0.15) is 0 Å². The van der Waals surface area contributed by atoms with E-state index in [1.165, 1.54) is 0 Å². The first-order chi connectivity index (χ1) is 5.99. The van der Waals surface area contributed by atoms with Gasteiger partial charge in [0.25, 0.3) is 0 Å². The zero-order valence-corrected chi connectivity index (χ0v) is 8.52. The van der Waals surface area contributed by atoms with Crippen LogP contribution in [0.25, 0.3) is 0 Å². The van der Waals surface area contributed by atoms with Crippen molar-refractivity contribution >= 4 is 29.2 Å². The molecule has 74 valence electrons. The fourth-order valence-electron chi connectivity index (χ4n) is 0.505. The number of hydrogen-bond acceptors (Lipinski definition) is 4. The summed E-state index contributed by atoms with van der Waals surface area (Å²) in [5.41, 5.74) is 10.2. The lowest BCUT2D eigenvalue weighted by molar-refractivity contribution is -0.138. The number of esters is 1. The van der Waals surface area contributed by atoms with Gasteiger partial charge in [-0.1, -0.05) is 23.2 Å². The van der Waals surface area contributed by atoms with Crippen LogP contribution < -0.4 is 11.5 Å². The van der Waals surface area contributed by atoms with Crippen molar-refractivity contribution in [1.29, 1.82) is 0 Å². The predicted molar refractivity (Wildman–Crippen MR) is 51.8 cm³/mol. The highest BCUT2D eigenvalue weighted by Gasteiger charge is 2.09. The Morgan fingerprint density at radius 1 is 1.46 bits per heavy atom. The van der Waals surface area contributed by atoms with E-state index < -0.39 is 5.97 Å². The summed E-state index contributed by atoms with van der Waals surface area (Å²) < 4.78 is 4.59. The van der Waals surface area contributed by atoms with Gasteiger partial charge >= 0.3 is 5.97 Å². The van der Waals surface area contributed by atoms with Crippen molar-refractivity contribution in [2.24, 2.45) is 11.5 Å². The smallest absolute Gasteiger partial charge is 0.355 e. The van der Waals surface area contributed by atoms with Gasteiger partial charge in [0.1, 0.15) is 10.9 Å². The monoisotopic (exact) mass is 224 g/mol. The minimum atomic E-state index is -0.693. The molecule has 6 heteroatoms. The molecule has 0 saturated carbocycles. The fraction of sp³-hybridized carbons (Fsp3) is 0.286. The molecule has 0 aliphatic carbocycles. The Morgan fingerprint density at radius 3 is 2.38 bits per heavy atom. The summed E-state index contributed by atoms with van der Waals surface area (Å²) in [7, 11) is 0. The molecule has 0 aliphatic rings. The molecule has 4 N–H and O–H groups in total. The van der Waals surface area contributed by atoms with E-state index in [2.05, 4.69) is 4.74 Å². The van der Waals surface area contributed by atoms with Crippen molar-refractivity contribution in [3.05, 3.63) is 22.0 Å². The van der Waals surface area contributed by atoms with Crippen LogP contribution in [0.5, 0.6) is 0 Å². The highest BCUT2D eigenvalue weighted by molar-refractivity contribution is 6.35. The van der Waals surface area contributed by atoms with Crippen molar-refractivity contribution < 1.29 is 9.53 Å². The maximum atomic E-state index is 11.0. The zero-order valence-electron chi connectivity index (χ0n) is 7.01. The van der Waals surface area contributed by atoms with Crippen LogP contribution in [0.4, 0.5) is 0 Å². The number of carbonyl (C=O) groups is 1. The second-order valence-electron chi connectivity index (χ2n) is 2.01. The van der Waals surface area contributed by atoms with Gasteiger partial charge in [0.15, 0.2) is 0 Å². The van der Waals surface area contributed by atoms with Gasteiger partial charge < -0.3 is 16.2 Å². The minimum absolute atomic E-state index is 0.0362. The summed E-state index contributed by atoms with van der Waals surface area (Å²) in [6, 6.07) is 0. The molecule has 0 amide bonds. The molecule has 0 heterocycles. The van der Waals surface area contributed by atoms with E-state index >= 15 is 0 Å². The van der Waals surface area contributed by atoms with Gasteiger partial charge in [0, 0.05) is 0 Å². The molecule has 0 fully saturated rings. The number of ether oxygens (including phenoxy) is 1. The van der Waals surface area contributed by atoms with Crippen LogP contribution in [0.15, 0.2) is 22.0 Å². The fourth-order valence-corrected chi connectivity index (χ4v) is 0.865. The Balaban J connectivity index is 4.61. The van der Waals surface area contributed by atoms with E-state index in [-0.39, 0.29) is 22.5 Å². The molecule has 0 radical (unpaired) electrons. The molecular weight excluding hydrogens is 215 g/mol. The summed E-state index contributed by atoms with van der Waals surface area (Å²) >= 11 is 10.9. The van der Waals surface area contributed by atoms with Crippen LogP contribution >= 0.6 is 23.2 Å². The molecule has 0 aromatic rings. The number of halogens is 2. The van der Waals surface area contributed by atoms with E-state index in [4.69, 9.17) is 34.7 Å². The van der Waals surface area contributed by atoms with Gasteiger partial charge in [-0.3, -0.25) is 0 Å². The number of allylic oxidation sites excluding steroid dienone is 2. The molecule has 13 heavy (non-hydrogen) atoms. The van der Waals surface area contributed by atoms with Crippen molar-refractivity contribution in [2.75, 3.05) is 6.61 Å². The van der Waals surface area contributed by atoms with Crippen LogP contribution in [0.2, 0.25) is 0 Å². The van der Waals surface area contributed by atoms with Crippen molar-refractivity contribution in [3.8, 4) is 0 Å². The van der Waals surface area contributed by atoms with E-state index in [0.717, 1.165) is 6.08 Å². The molecule has 0 aromatic carbocycles. The van der Waals surface area contributed by atoms with Crippen molar-refractivity contribution in [3.63, 3.8) is 0 Å². The average Bonchev–Trinajstić information content (AvgIpc) is 2.02. The SMILES string of the molecule is CCOC(=O)C(N)=C(Cl)C=C(N)Cl. The number of nitrogens with two attached hydrogens (primary N) is 2. The third-order valence-corrected chi connectivity index (χ3v) is 1.44. The lowest BCUT2D eigenvalue weighted by Gasteiger charge is -2.01. The number of rotatable bonds is 3. The second-order valence-corrected chi connectivity index (χ2v) is 2.85. The van der Waals surface area contributed by atoms with Crippen LogP contribution in [0, 0.1) is 0 Å². The summed E-state index contributed by atoms with van der Waals surface area (Å²) in [6.45, 7) is 1.88. The van der Waals surface area contributed by atoms with Crippen molar-refractivity contribution in [2.45, 2.75) is 6.92 Å². The van der Waals surface area contributed by atoms with Crippen LogP contribution in [-0.4, -0.2) is 12.6 Å². The Morgan fingerprint density at radius 2 is 2.00 bits per heavy atom. The first-order valence-electron chi connectivity index (χ1n) is 3.44. The van der Waals surface area contributed by atoms with Gasteiger partial charge in [-0.25, -0.2) is 4.79 Å². The minimum Gasteiger partial charge on any atom is -0.461 e. The number of carbonyl (C=O) groups excluding carboxylic acids is 1. The third-order valence-electron chi connectivity index (χ3n) is 1.02. The molecule has 0 spiro atoms. The summed E-state index contributed by atoms with van der Waals surface area (Å²) in [6.07, 6.45) is 1.16. The molecule has 0 aliphatic heterocycles. The Bertz CT molecular complexity index is 257. The third kappa shape index (κ3) is 4.65. The van der Waals surface area contributed by atoms with Gasteiger partial charge in [-0.05, 0) is 13.0 Å². The van der Waals surface area contributed by atoms with Crippen molar-refractivity contribution in [1.82, 2.24) is 0 Å². The lowest BCUT2D eigenvalue weighted by Crippen LogP contribution is -2.15. The zero-order chi connectivity index (χ0) is 10.4. The maximum absolute atomic E-state index is 11.0. The quantitative estimate of drug-likeness (QED) is 0.325. The van der Waals surface area contributed by atoms with Gasteiger partial charge in [0.05, 0.1) is 11.6 Å². The van der Waals surface area contributed by atoms with E-state index in [1.54, 1.807) is 6.92 Å². The van der Waals surface area contributed by atoms with E-state index in [0.29, 0.717) is 0 Å². The molecule has 0 unspecified atom stereocenters. The Hall–Kier alpha value is -0.870. The standard InChI is InChI=1S/C7H10Cl2N2O2/c1-2-13-7(12)6(11)4(8)3-5(9)10/h3H,2,10-11H2,1H3. The first kappa shape index (κ1) is 12.1. The second kappa shape index (κ2) is 5.72. The Kier molecular flexibility index (Phi) is 5.34. The maximum Gasteiger partial charge on any atom is 0.355 e. The predicted octanol–water partition coefficient (Wildman–Crippen LogP) is 0.998. The summed E-state index contributed by atoms with van der Waals surface area (Å²) in [5.74, 6) is -0.693. The summed E-state index contributed by atoms with van der Waals surface area (Å²) in [5, 5.41) is -0.0943. The van der Waals surface area contributed by atoms with Crippen LogP contribution in [0.3, 0.4) is 0 Å². The lowest BCUT2D eigenvalue weighted by atomic mass is 10.4. The van der Waals surface area contributed by atoms with E-state index in [1.807, 2.05) is 0 Å². The molecule has 0 bridgehead atoms. The summed E-state index contributed by atoms with van der Waals surface area (Å²) in [4.78, 5) is 11.0. The molecule has 0 atom stereocenters. The Labute approximate surface area is 86.1 Å². The highest BCUT2D eigenvalue weighted by Crippen LogP contribution is 2.10. The first-order valence-corrected chi connectivity index (χ1v) is 4.19. The molecule has 4 nitrogen and oxygen atoms in total. The largest absolute Gasteiger partial charge is 0.461 e. The van der Waals surface area contributed by atoms with E-state index in [9.17, 15) is 4.79 Å². The molecular formula is C7H10Cl2N2O2. The molecule has 0 rings (SSSR count). The van der Waals surface area contributed by atoms with Crippen LogP contribution in [-0.2, 0) is 9.53 Å². The van der Waals surface area contributed by atoms with Gasteiger partial charge in [0.2, 0.25) is 0 Å². The average molecular weight is 225 g/mol. The van der Waals surface area contributed by atoms with Crippen LogP contribution in [0.1, 0.15) is 6.92 Å². The number of hydrogen-bond donors (Lipinski definition) is 2. The molecule has 0 saturated heterocycles. The topological polar surface area (TPSA) is 78.3 Å². The van der Waals surface area contributed by atoms with Gasteiger partial charge in [-0.15, -0.1) is 0 Å². The highest BCUT2D eigenvalue weighted by atomic mass is 35.5. The normalized spacial score (nSPS) is 13.6. The molecule has 0 aromatic heterocycles.